The number of halogens is 2. The normalized spacial score (nSPS) is 16.3. The summed E-state index contributed by atoms with van der Waals surface area (Å²) in [7, 11) is 0. The van der Waals surface area contributed by atoms with Crippen molar-refractivity contribution in [2.24, 2.45) is 0 Å². The minimum atomic E-state index is -0.503. The van der Waals surface area contributed by atoms with Gasteiger partial charge in [-0.15, -0.1) is 0 Å². The van der Waals surface area contributed by atoms with Crippen molar-refractivity contribution in [1.82, 2.24) is 0 Å². The van der Waals surface area contributed by atoms with Crippen LogP contribution in [0.4, 0.5) is 8.78 Å². The van der Waals surface area contributed by atoms with Crippen LogP contribution in [0.15, 0.2) is 24.3 Å². The van der Waals surface area contributed by atoms with Gasteiger partial charge in [-0.1, -0.05) is 31.9 Å². The van der Waals surface area contributed by atoms with Crippen LogP contribution in [0.25, 0.3) is 11.1 Å². The summed E-state index contributed by atoms with van der Waals surface area (Å²) in [4.78, 5) is 0. The Labute approximate surface area is 146 Å². The molecule has 0 bridgehead atoms. The molecule has 2 aromatic carbocycles. The predicted molar refractivity (Wildman–Crippen MR) is 93.1 cm³/mol. The van der Waals surface area contributed by atoms with Crippen molar-refractivity contribution in [2.75, 3.05) is 6.61 Å². The van der Waals surface area contributed by atoms with Gasteiger partial charge in [-0.05, 0) is 48.4 Å². The van der Waals surface area contributed by atoms with Gasteiger partial charge in [-0.25, -0.2) is 4.39 Å². The summed E-state index contributed by atoms with van der Waals surface area (Å²) in [6.07, 6.45) is 5.20. The van der Waals surface area contributed by atoms with Crippen LogP contribution in [0.2, 0.25) is 0 Å². The third kappa shape index (κ3) is 2.78. The smallest absolute Gasteiger partial charge is 0.207 e. The molecule has 4 rings (SSSR count). The first-order valence-corrected chi connectivity index (χ1v) is 9.10. The number of ether oxygens (including phenoxy) is 2. The predicted octanol–water partition coefficient (Wildman–Crippen LogP) is 5.97. The van der Waals surface area contributed by atoms with Gasteiger partial charge in [0.15, 0.2) is 11.5 Å². The maximum absolute atomic E-state index is 15.0. The molecule has 1 saturated carbocycles. The highest BCUT2D eigenvalue weighted by molar-refractivity contribution is 5.77. The van der Waals surface area contributed by atoms with Gasteiger partial charge in [-0.3, -0.25) is 0 Å². The van der Waals surface area contributed by atoms with Gasteiger partial charge in [0.2, 0.25) is 5.82 Å². The summed E-state index contributed by atoms with van der Waals surface area (Å²) in [5.74, 6) is -0.0342. The maximum Gasteiger partial charge on any atom is 0.207 e. The molecule has 132 valence electrons. The van der Waals surface area contributed by atoms with Crippen LogP contribution >= 0.6 is 0 Å². The molecule has 0 aromatic heterocycles. The van der Waals surface area contributed by atoms with Crippen LogP contribution in [0.1, 0.15) is 56.1 Å². The number of hydrogen-bond donors (Lipinski definition) is 0. The molecule has 25 heavy (non-hydrogen) atoms. The minimum absolute atomic E-state index is 0.0584. The summed E-state index contributed by atoms with van der Waals surface area (Å²) < 4.78 is 40.7. The highest BCUT2D eigenvalue weighted by atomic mass is 19.1. The van der Waals surface area contributed by atoms with Crippen molar-refractivity contribution in [1.29, 1.82) is 0 Å². The van der Waals surface area contributed by atoms with Gasteiger partial charge < -0.3 is 9.47 Å². The molecular weight excluding hydrogens is 322 g/mol. The molecule has 0 saturated heterocycles. The summed E-state index contributed by atoms with van der Waals surface area (Å²) in [5.41, 5.74) is 2.64. The highest BCUT2D eigenvalue weighted by Crippen LogP contribution is 2.45. The van der Waals surface area contributed by atoms with Crippen LogP contribution in [0.3, 0.4) is 0 Å². The van der Waals surface area contributed by atoms with E-state index in [1.807, 2.05) is 19.1 Å². The Hall–Kier alpha value is -2.10. The van der Waals surface area contributed by atoms with Crippen molar-refractivity contribution in [3.8, 4) is 22.6 Å². The van der Waals surface area contributed by atoms with E-state index in [2.05, 4.69) is 0 Å². The molecule has 2 aromatic rings. The van der Waals surface area contributed by atoms with E-state index in [-0.39, 0.29) is 23.9 Å². The minimum Gasteiger partial charge on any atom is -0.490 e. The fraction of sp³-hybridized carbons (Fsp3) is 0.429. The number of benzene rings is 2. The monoisotopic (exact) mass is 344 g/mol. The second-order valence-electron chi connectivity index (χ2n) is 6.87. The molecule has 1 aliphatic heterocycles. The Morgan fingerprint density at radius 2 is 1.80 bits per heavy atom. The molecule has 1 fully saturated rings. The third-order valence-corrected chi connectivity index (χ3v) is 5.24. The van der Waals surface area contributed by atoms with Crippen LogP contribution < -0.4 is 9.47 Å². The van der Waals surface area contributed by atoms with Gasteiger partial charge in [0.05, 0.1) is 6.61 Å². The number of hydrogen-bond acceptors (Lipinski definition) is 2. The highest BCUT2D eigenvalue weighted by Gasteiger charge is 2.29. The maximum atomic E-state index is 15.0. The first-order valence-electron chi connectivity index (χ1n) is 9.10. The second-order valence-corrected chi connectivity index (χ2v) is 6.87. The molecule has 0 radical (unpaired) electrons. The zero-order chi connectivity index (χ0) is 17.4. The molecular formula is C21H22F2O2. The summed E-state index contributed by atoms with van der Waals surface area (Å²) in [6.45, 7) is 2.47. The van der Waals surface area contributed by atoms with E-state index in [1.54, 1.807) is 12.1 Å². The van der Waals surface area contributed by atoms with Gasteiger partial charge in [0.25, 0.3) is 0 Å². The van der Waals surface area contributed by atoms with E-state index in [4.69, 9.17) is 9.47 Å². The van der Waals surface area contributed by atoms with E-state index in [0.717, 1.165) is 43.2 Å². The Morgan fingerprint density at radius 3 is 2.56 bits per heavy atom. The Bertz CT molecular complexity index is 795. The zero-order valence-electron chi connectivity index (χ0n) is 14.4. The first-order chi connectivity index (χ1) is 12.2. The molecule has 2 nitrogen and oxygen atoms in total. The summed E-state index contributed by atoms with van der Waals surface area (Å²) >= 11 is 0. The van der Waals surface area contributed by atoms with Crippen molar-refractivity contribution in [3.63, 3.8) is 0 Å². The lowest BCUT2D eigenvalue weighted by atomic mass is 9.89. The van der Waals surface area contributed by atoms with Gasteiger partial charge in [0, 0.05) is 11.1 Å². The van der Waals surface area contributed by atoms with Gasteiger partial charge >= 0.3 is 0 Å². The van der Waals surface area contributed by atoms with Gasteiger partial charge in [-0.2, -0.15) is 4.39 Å². The third-order valence-electron chi connectivity index (χ3n) is 5.24. The van der Waals surface area contributed by atoms with Crippen molar-refractivity contribution >= 4 is 0 Å². The van der Waals surface area contributed by atoms with E-state index in [1.165, 1.54) is 0 Å². The van der Waals surface area contributed by atoms with Crippen LogP contribution in [-0.2, 0) is 6.61 Å². The van der Waals surface area contributed by atoms with Crippen molar-refractivity contribution in [2.45, 2.75) is 51.6 Å². The molecule has 1 aliphatic carbocycles. The Balaban J connectivity index is 1.74. The van der Waals surface area contributed by atoms with Gasteiger partial charge in [0.1, 0.15) is 12.4 Å². The lowest BCUT2D eigenvalue weighted by Gasteiger charge is -2.24. The van der Waals surface area contributed by atoms with E-state index in [9.17, 15) is 4.39 Å². The molecule has 2 aliphatic rings. The fourth-order valence-corrected chi connectivity index (χ4v) is 3.94. The van der Waals surface area contributed by atoms with E-state index < -0.39 is 5.82 Å². The number of fused-ring (bicyclic) bond motifs is 3. The molecule has 0 spiro atoms. The Kier molecular flexibility index (Phi) is 4.36. The topological polar surface area (TPSA) is 18.5 Å². The first kappa shape index (κ1) is 16.4. The Morgan fingerprint density at radius 1 is 1.04 bits per heavy atom. The molecule has 4 heteroatoms. The molecule has 0 atom stereocenters. The zero-order valence-corrected chi connectivity index (χ0v) is 14.4. The standard InChI is InChI=1S/C21H22F2O2/c1-2-11-24-18-10-9-16-15-8-7-14(13-5-3-4-6-13)19(22)17(15)12-25-21(16)20(18)23/h7-10,13H,2-6,11-12H2,1H3. The SMILES string of the molecule is CCCOc1ccc2c(c1F)OCc1c-2ccc(C2CCCC2)c1F. The lowest BCUT2D eigenvalue weighted by molar-refractivity contribution is 0.262. The van der Waals surface area contributed by atoms with E-state index >= 15 is 4.39 Å². The summed E-state index contributed by atoms with van der Waals surface area (Å²) in [6, 6.07) is 7.15. The quantitative estimate of drug-likeness (QED) is 0.680. The molecule has 0 N–H and O–H groups in total. The average molecular weight is 344 g/mol. The largest absolute Gasteiger partial charge is 0.490 e. The second kappa shape index (κ2) is 6.66. The van der Waals surface area contributed by atoms with Crippen LogP contribution in [-0.4, -0.2) is 6.61 Å². The van der Waals surface area contributed by atoms with Crippen LogP contribution in [0, 0.1) is 11.6 Å². The fourth-order valence-electron chi connectivity index (χ4n) is 3.94. The molecule has 1 heterocycles. The summed E-state index contributed by atoms with van der Waals surface area (Å²) in [5, 5.41) is 0. The molecule has 0 amide bonds. The van der Waals surface area contributed by atoms with Crippen molar-refractivity contribution < 1.29 is 18.3 Å². The van der Waals surface area contributed by atoms with Crippen molar-refractivity contribution in [3.05, 3.63) is 47.0 Å². The van der Waals surface area contributed by atoms with E-state index in [0.29, 0.717) is 23.7 Å². The number of rotatable bonds is 4. The molecule has 0 unspecified atom stereocenters. The average Bonchev–Trinajstić information content (AvgIpc) is 3.16. The lowest BCUT2D eigenvalue weighted by Crippen LogP contribution is -2.12. The van der Waals surface area contributed by atoms with Crippen LogP contribution in [0.5, 0.6) is 11.5 Å².